The summed E-state index contributed by atoms with van der Waals surface area (Å²) in [5.41, 5.74) is 11.0. The highest BCUT2D eigenvalue weighted by molar-refractivity contribution is 5.93. The minimum Gasteiger partial charge on any atom is -0.456 e. The fourth-order valence-electron chi connectivity index (χ4n) is 2.49. The molecule has 3 heteroatoms. The van der Waals surface area contributed by atoms with Crippen LogP contribution in [0.25, 0.3) is 10.9 Å². The minimum absolute atomic E-state index is 0.662. The van der Waals surface area contributed by atoms with E-state index in [4.69, 9.17) is 10.5 Å². The second-order valence-electron chi connectivity index (χ2n) is 5.36. The second-order valence-corrected chi connectivity index (χ2v) is 5.36. The summed E-state index contributed by atoms with van der Waals surface area (Å²) >= 11 is 0. The van der Waals surface area contributed by atoms with Gasteiger partial charge in [-0.3, -0.25) is 4.98 Å². The van der Waals surface area contributed by atoms with Crippen LogP contribution >= 0.6 is 0 Å². The maximum atomic E-state index is 6.14. The Labute approximate surface area is 124 Å². The van der Waals surface area contributed by atoms with E-state index in [1.165, 1.54) is 11.1 Å². The highest BCUT2D eigenvalue weighted by Gasteiger charge is 2.09. The maximum absolute atomic E-state index is 6.14. The molecular formula is C18H18N2O. The Bertz CT molecular complexity index is 825. The quantitative estimate of drug-likeness (QED) is 0.700. The molecule has 1 aromatic heterocycles. The molecule has 0 aliphatic heterocycles. The molecule has 0 unspecified atom stereocenters. The van der Waals surface area contributed by atoms with Gasteiger partial charge in [0, 0.05) is 11.6 Å². The van der Waals surface area contributed by atoms with E-state index in [0.717, 1.165) is 28.0 Å². The third-order valence-electron chi connectivity index (χ3n) is 3.75. The largest absolute Gasteiger partial charge is 0.456 e. The lowest BCUT2D eigenvalue weighted by Crippen LogP contribution is -1.94. The van der Waals surface area contributed by atoms with E-state index in [-0.39, 0.29) is 0 Å². The van der Waals surface area contributed by atoms with Gasteiger partial charge >= 0.3 is 0 Å². The van der Waals surface area contributed by atoms with Crippen molar-refractivity contribution in [3.05, 3.63) is 59.3 Å². The number of pyridine rings is 1. The third kappa shape index (κ3) is 2.42. The molecule has 0 amide bonds. The van der Waals surface area contributed by atoms with E-state index < -0.39 is 0 Å². The summed E-state index contributed by atoms with van der Waals surface area (Å²) in [5.74, 6) is 1.66. The molecule has 0 bridgehead atoms. The molecule has 2 aromatic carbocycles. The number of nitrogen functional groups attached to an aromatic ring is 1. The Morgan fingerprint density at radius 2 is 1.81 bits per heavy atom. The lowest BCUT2D eigenvalue weighted by molar-refractivity contribution is 0.483. The van der Waals surface area contributed by atoms with Crippen LogP contribution in [0.4, 0.5) is 5.69 Å². The first-order valence-electron chi connectivity index (χ1n) is 6.95. The number of benzene rings is 2. The predicted octanol–water partition coefficient (Wildman–Crippen LogP) is 4.53. The van der Waals surface area contributed by atoms with Crippen LogP contribution in [-0.4, -0.2) is 4.98 Å². The summed E-state index contributed by atoms with van der Waals surface area (Å²) in [7, 11) is 0. The van der Waals surface area contributed by atoms with Gasteiger partial charge in [-0.25, -0.2) is 0 Å². The molecule has 2 N–H and O–H groups in total. The average molecular weight is 278 g/mol. The molecule has 3 nitrogen and oxygen atoms in total. The van der Waals surface area contributed by atoms with Gasteiger partial charge in [0.05, 0.1) is 11.2 Å². The third-order valence-corrected chi connectivity index (χ3v) is 3.75. The molecule has 1 heterocycles. The van der Waals surface area contributed by atoms with Crippen LogP contribution in [-0.2, 0) is 0 Å². The molecule has 106 valence electrons. The van der Waals surface area contributed by atoms with Crippen LogP contribution in [0.15, 0.2) is 42.6 Å². The summed E-state index contributed by atoms with van der Waals surface area (Å²) in [4.78, 5) is 4.34. The van der Waals surface area contributed by atoms with Crippen molar-refractivity contribution in [3.63, 3.8) is 0 Å². The van der Waals surface area contributed by atoms with E-state index in [1.54, 1.807) is 6.20 Å². The number of aryl methyl sites for hydroxylation is 2. The molecule has 21 heavy (non-hydrogen) atoms. The molecule has 0 atom stereocenters. The molecule has 0 aliphatic rings. The number of nitrogens with zero attached hydrogens (tertiary/aromatic N) is 1. The molecule has 0 radical (unpaired) electrons. The summed E-state index contributed by atoms with van der Waals surface area (Å²) in [6, 6.07) is 11.8. The lowest BCUT2D eigenvalue weighted by atomic mass is 10.1. The highest BCUT2D eigenvalue weighted by atomic mass is 16.5. The van der Waals surface area contributed by atoms with Gasteiger partial charge in [-0.2, -0.15) is 0 Å². The second kappa shape index (κ2) is 5.09. The summed E-state index contributed by atoms with van der Waals surface area (Å²) in [5, 5.41) is 0.927. The summed E-state index contributed by atoms with van der Waals surface area (Å²) in [6.07, 6.45) is 1.73. The van der Waals surface area contributed by atoms with Gasteiger partial charge in [0.25, 0.3) is 0 Å². The molecule has 3 aromatic rings. The Morgan fingerprint density at radius 3 is 2.62 bits per heavy atom. The summed E-state index contributed by atoms with van der Waals surface area (Å²) in [6.45, 7) is 6.24. The van der Waals surface area contributed by atoms with Crippen molar-refractivity contribution in [2.24, 2.45) is 0 Å². The Kier molecular flexibility index (Phi) is 3.26. The standard InChI is InChI=1S/C18H18N2O/c1-11-9-12(2)13(3)17(10-11)21-16-7-8-20-18-14(16)5-4-6-15(18)19/h4-10H,19H2,1-3H3. The number of rotatable bonds is 2. The van der Waals surface area contributed by atoms with Crippen molar-refractivity contribution < 1.29 is 4.74 Å². The van der Waals surface area contributed by atoms with Crippen LogP contribution in [0.2, 0.25) is 0 Å². The van der Waals surface area contributed by atoms with Gasteiger partial charge in [-0.15, -0.1) is 0 Å². The Balaban J connectivity index is 2.13. The van der Waals surface area contributed by atoms with E-state index in [1.807, 2.05) is 24.3 Å². The number of hydrogen-bond acceptors (Lipinski definition) is 3. The smallest absolute Gasteiger partial charge is 0.138 e. The number of aromatic nitrogens is 1. The van der Waals surface area contributed by atoms with Crippen molar-refractivity contribution in [2.75, 3.05) is 5.73 Å². The molecule has 0 saturated carbocycles. The van der Waals surface area contributed by atoms with Gasteiger partial charge in [0.15, 0.2) is 0 Å². The maximum Gasteiger partial charge on any atom is 0.138 e. The first-order chi connectivity index (χ1) is 10.1. The predicted molar refractivity (Wildman–Crippen MR) is 86.9 cm³/mol. The van der Waals surface area contributed by atoms with E-state index in [9.17, 15) is 0 Å². The normalized spacial score (nSPS) is 10.8. The zero-order valence-corrected chi connectivity index (χ0v) is 12.5. The number of nitrogens with two attached hydrogens (primary N) is 1. The van der Waals surface area contributed by atoms with Crippen molar-refractivity contribution in [1.82, 2.24) is 4.98 Å². The topological polar surface area (TPSA) is 48.1 Å². The first kappa shape index (κ1) is 13.4. The van der Waals surface area contributed by atoms with Crippen molar-refractivity contribution >= 4 is 16.6 Å². The van der Waals surface area contributed by atoms with Crippen molar-refractivity contribution in [2.45, 2.75) is 20.8 Å². The zero-order valence-electron chi connectivity index (χ0n) is 12.5. The number of para-hydroxylation sites is 1. The Hall–Kier alpha value is -2.55. The van der Waals surface area contributed by atoms with Crippen LogP contribution in [0, 0.1) is 20.8 Å². The van der Waals surface area contributed by atoms with Crippen molar-refractivity contribution in [1.29, 1.82) is 0 Å². The monoisotopic (exact) mass is 278 g/mol. The number of ether oxygens (including phenoxy) is 1. The van der Waals surface area contributed by atoms with Crippen LogP contribution in [0.5, 0.6) is 11.5 Å². The van der Waals surface area contributed by atoms with Gasteiger partial charge in [0.2, 0.25) is 0 Å². The van der Waals surface area contributed by atoms with Crippen molar-refractivity contribution in [3.8, 4) is 11.5 Å². The van der Waals surface area contributed by atoms with E-state index in [2.05, 4.69) is 37.9 Å². The molecule has 3 rings (SSSR count). The van der Waals surface area contributed by atoms with Crippen LogP contribution in [0.3, 0.4) is 0 Å². The van der Waals surface area contributed by atoms with Crippen LogP contribution in [0.1, 0.15) is 16.7 Å². The van der Waals surface area contributed by atoms with Gasteiger partial charge < -0.3 is 10.5 Å². The van der Waals surface area contributed by atoms with E-state index >= 15 is 0 Å². The molecular weight excluding hydrogens is 260 g/mol. The Morgan fingerprint density at radius 1 is 1.00 bits per heavy atom. The van der Waals surface area contributed by atoms with Gasteiger partial charge in [-0.05, 0) is 61.7 Å². The molecule has 0 aliphatic carbocycles. The molecule has 0 fully saturated rings. The number of anilines is 1. The lowest BCUT2D eigenvalue weighted by Gasteiger charge is -2.14. The van der Waals surface area contributed by atoms with E-state index in [0.29, 0.717) is 5.69 Å². The first-order valence-corrected chi connectivity index (χ1v) is 6.95. The molecule has 0 spiro atoms. The SMILES string of the molecule is Cc1cc(C)c(C)c(Oc2ccnc3c(N)cccc23)c1. The van der Waals surface area contributed by atoms with Crippen LogP contribution < -0.4 is 10.5 Å². The average Bonchev–Trinajstić information content (AvgIpc) is 2.45. The zero-order chi connectivity index (χ0) is 15.0. The van der Waals surface area contributed by atoms with Gasteiger partial charge in [-0.1, -0.05) is 12.1 Å². The summed E-state index contributed by atoms with van der Waals surface area (Å²) < 4.78 is 6.14. The fourth-order valence-corrected chi connectivity index (χ4v) is 2.49. The number of hydrogen-bond donors (Lipinski definition) is 1. The number of fused-ring (bicyclic) bond motifs is 1. The fraction of sp³-hybridized carbons (Fsp3) is 0.167. The van der Waals surface area contributed by atoms with Gasteiger partial charge in [0.1, 0.15) is 11.5 Å². The highest BCUT2D eigenvalue weighted by Crippen LogP contribution is 2.33. The molecule has 0 saturated heterocycles. The minimum atomic E-state index is 0.662.